The lowest BCUT2D eigenvalue weighted by molar-refractivity contribution is -0.0123. The van der Waals surface area contributed by atoms with Crippen molar-refractivity contribution in [3.63, 3.8) is 0 Å². The summed E-state index contributed by atoms with van der Waals surface area (Å²) in [7, 11) is -1.71. The topological polar surface area (TPSA) is 38.7 Å². The maximum atomic E-state index is 10.1. The van der Waals surface area contributed by atoms with Crippen molar-refractivity contribution in [3.8, 4) is 0 Å². The van der Waals surface area contributed by atoms with Crippen LogP contribution in [0.5, 0.6) is 0 Å². The number of ether oxygens (including phenoxy) is 1. The summed E-state index contributed by atoms with van der Waals surface area (Å²) in [5.41, 5.74) is 0. The first-order valence-corrected chi connectivity index (χ1v) is 11.1. The first-order valence-electron chi connectivity index (χ1n) is 8.15. The van der Waals surface area contributed by atoms with Crippen LogP contribution < -0.4 is 0 Å². The third kappa shape index (κ3) is 5.13. The van der Waals surface area contributed by atoms with Crippen molar-refractivity contribution in [1.82, 2.24) is 0 Å². The van der Waals surface area contributed by atoms with E-state index in [1.807, 2.05) is 0 Å². The lowest BCUT2D eigenvalue weighted by Crippen LogP contribution is -2.42. The average Bonchev–Trinajstić information content (AvgIpc) is 2.67. The lowest BCUT2D eigenvalue weighted by Gasteiger charge is -2.36. The zero-order valence-corrected chi connectivity index (χ0v) is 15.2. The molecule has 0 radical (unpaired) electrons. The largest absolute Gasteiger partial charge is 0.414 e. The fraction of sp³-hybridized carbons (Fsp3) is 1.00. The van der Waals surface area contributed by atoms with Gasteiger partial charge >= 0.3 is 0 Å². The highest BCUT2D eigenvalue weighted by atomic mass is 28.4. The minimum Gasteiger partial charge on any atom is -0.414 e. The number of hydrogen-bond acceptors (Lipinski definition) is 3. The number of aliphatic hydroxyl groups excluding tert-OH is 1. The normalized spacial score (nSPS) is 28.1. The van der Waals surface area contributed by atoms with Crippen LogP contribution in [0.25, 0.3) is 0 Å². The van der Waals surface area contributed by atoms with Gasteiger partial charge in [0.05, 0.1) is 24.9 Å². The molecule has 1 heterocycles. The molecule has 20 heavy (non-hydrogen) atoms. The summed E-state index contributed by atoms with van der Waals surface area (Å²) in [5, 5.41) is 10.3. The van der Waals surface area contributed by atoms with Crippen molar-refractivity contribution in [2.75, 3.05) is 6.61 Å². The summed E-state index contributed by atoms with van der Waals surface area (Å²) >= 11 is 0. The average molecular weight is 303 g/mol. The first-order chi connectivity index (χ1) is 9.17. The molecule has 1 N–H and O–H groups in total. The van der Waals surface area contributed by atoms with Crippen LogP contribution in [-0.4, -0.2) is 38.3 Å². The Bertz CT molecular complexity index is 286. The molecule has 0 unspecified atom stereocenters. The summed E-state index contributed by atoms with van der Waals surface area (Å²) in [6.07, 6.45) is 5.07. The van der Waals surface area contributed by atoms with Gasteiger partial charge in [0.25, 0.3) is 0 Å². The van der Waals surface area contributed by atoms with Crippen molar-refractivity contribution in [1.29, 1.82) is 0 Å². The molecular weight excluding hydrogens is 268 g/mol. The Kier molecular flexibility index (Phi) is 6.70. The molecule has 4 heteroatoms. The van der Waals surface area contributed by atoms with Gasteiger partial charge in [-0.15, -0.1) is 0 Å². The molecule has 0 aromatic rings. The Hall–Kier alpha value is 0.0969. The van der Waals surface area contributed by atoms with E-state index in [9.17, 15) is 5.11 Å². The summed E-state index contributed by atoms with van der Waals surface area (Å²) in [4.78, 5) is 0. The van der Waals surface area contributed by atoms with Crippen LogP contribution in [0, 0.1) is 0 Å². The molecule has 1 aliphatic rings. The van der Waals surface area contributed by atoms with Gasteiger partial charge in [-0.05, 0) is 24.6 Å². The van der Waals surface area contributed by atoms with Gasteiger partial charge in [-0.2, -0.15) is 0 Å². The minimum absolute atomic E-state index is 0.0227. The van der Waals surface area contributed by atoms with E-state index in [0.717, 1.165) is 19.3 Å². The smallest absolute Gasteiger partial charge is 0.192 e. The highest BCUT2D eigenvalue weighted by Crippen LogP contribution is 2.37. The van der Waals surface area contributed by atoms with Gasteiger partial charge in [0.15, 0.2) is 8.32 Å². The standard InChI is InChI=1S/C16H34O3Si/c1-7-8-9-10-15-14(17)11-13(19-15)12-18-20(5,6)16(2,3)4/h13-15,17H,7-12H2,1-6H3/t13-,14-,15-/m0/s1. The Morgan fingerprint density at radius 1 is 1.25 bits per heavy atom. The molecule has 3 nitrogen and oxygen atoms in total. The molecule has 0 aromatic carbocycles. The van der Waals surface area contributed by atoms with E-state index in [2.05, 4.69) is 40.8 Å². The number of hydrogen-bond donors (Lipinski definition) is 1. The first kappa shape index (κ1) is 18.1. The zero-order chi connectivity index (χ0) is 15.4. The predicted octanol–water partition coefficient (Wildman–Crippen LogP) is 4.11. The molecule has 0 spiro atoms. The van der Waals surface area contributed by atoms with Crippen molar-refractivity contribution >= 4 is 8.32 Å². The predicted molar refractivity (Wildman–Crippen MR) is 86.6 cm³/mol. The third-order valence-electron chi connectivity index (χ3n) is 4.83. The Balaban J connectivity index is 2.36. The van der Waals surface area contributed by atoms with E-state index < -0.39 is 8.32 Å². The summed E-state index contributed by atoms with van der Waals surface area (Å²) in [6, 6.07) is 0. The van der Waals surface area contributed by atoms with Gasteiger partial charge < -0.3 is 14.3 Å². The molecule has 1 rings (SSSR count). The van der Waals surface area contributed by atoms with Gasteiger partial charge in [-0.3, -0.25) is 0 Å². The van der Waals surface area contributed by atoms with Crippen LogP contribution in [0.3, 0.4) is 0 Å². The van der Waals surface area contributed by atoms with Gasteiger partial charge in [-0.25, -0.2) is 0 Å². The molecule has 0 amide bonds. The van der Waals surface area contributed by atoms with Crippen LogP contribution in [0.1, 0.15) is 59.8 Å². The molecule has 1 saturated heterocycles. The molecule has 120 valence electrons. The summed E-state index contributed by atoms with van der Waals surface area (Å²) < 4.78 is 12.2. The zero-order valence-electron chi connectivity index (χ0n) is 14.2. The summed E-state index contributed by atoms with van der Waals surface area (Å²) in [5.74, 6) is 0. The molecule has 0 aliphatic carbocycles. The molecule has 3 atom stereocenters. The third-order valence-corrected chi connectivity index (χ3v) is 9.33. The van der Waals surface area contributed by atoms with Crippen molar-refractivity contribution in [3.05, 3.63) is 0 Å². The summed E-state index contributed by atoms with van der Waals surface area (Å²) in [6.45, 7) is 14.1. The Morgan fingerprint density at radius 3 is 2.45 bits per heavy atom. The maximum absolute atomic E-state index is 10.1. The minimum atomic E-state index is -1.71. The van der Waals surface area contributed by atoms with E-state index in [4.69, 9.17) is 9.16 Å². The van der Waals surface area contributed by atoms with Crippen LogP contribution in [-0.2, 0) is 9.16 Å². The van der Waals surface area contributed by atoms with E-state index in [-0.39, 0.29) is 23.4 Å². The molecule has 1 aliphatic heterocycles. The molecule has 0 aromatic heterocycles. The van der Waals surface area contributed by atoms with Crippen LogP contribution in [0.2, 0.25) is 18.1 Å². The SMILES string of the molecule is CCCCC[C@@H]1O[C@H](CO[Si](C)(C)C(C)(C)C)C[C@@H]1O. The van der Waals surface area contributed by atoms with Gasteiger partial charge in [0, 0.05) is 6.42 Å². The van der Waals surface area contributed by atoms with Crippen LogP contribution in [0.15, 0.2) is 0 Å². The van der Waals surface area contributed by atoms with Crippen molar-refractivity contribution in [2.24, 2.45) is 0 Å². The molecular formula is C16H34O3Si. The molecule has 0 saturated carbocycles. The molecule has 0 bridgehead atoms. The highest BCUT2D eigenvalue weighted by molar-refractivity contribution is 6.74. The fourth-order valence-electron chi connectivity index (χ4n) is 2.30. The second-order valence-corrected chi connectivity index (χ2v) is 12.5. The quantitative estimate of drug-likeness (QED) is 0.568. The second-order valence-electron chi connectivity index (χ2n) is 7.67. The molecule has 1 fully saturated rings. The van der Waals surface area contributed by atoms with E-state index in [1.165, 1.54) is 12.8 Å². The van der Waals surface area contributed by atoms with Crippen molar-refractivity contribution in [2.45, 2.75) is 96.2 Å². The van der Waals surface area contributed by atoms with E-state index in [0.29, 0.717) is 6.61 Å². The van der Waals surface area contributed by atoms with Crippen LogP contribution >= 0.6 is 0 Å². The van der Waals surface area contributed by atoms with E-state index in [1.54, 1.807) is 0 Å². The highest BCUT2D eigenvalue weighted by Gasteiger charge is 2.39. The monoisotopic (exact) mass is 302 g/mol. The lowest BCUT2D eigenvalue weighted by atomic mass is 10.1. The van der Waals surface area contributed by atoms with Gasteiger partial charge in [-0.1, -0.05) is 47.0 Å². The number of rotatable bonds is 7. The Morgan fingerprint density at radius 2 is 1.90 bits per heavy atom. The van der Waals surface area contributed by atoms with Gasteiger partial charge in [0.1, 0.15) is 0 Å². The van der Waals surface area contributed by atoms with E-state index >= 15 is 0 Å². The second kappa shape index (κ2) is 7.39. The fourth-order valence-corrected chi connectivity index (χ4v) is 3.33. The maximum Gasteiger partial charge on any atom is 0.192 e. The Labute approximate surface area is 126 Å². The van der Waals surface area contributed by atoms with Crippen molar-refractivity contribution < 1.29 is 14.3 Å². The van der Waals surface area contributed by atoms with Crippen LogP contribution in [0.4, 0.5) is 0 Å². The van der Waals surface area contributed by atoms with Gasteiger partial charge in [0.2, 0.25) is 0 Å². The number of unbranched alkanes of at least 4 members (excludes halogenated alkanes) is 2. The number of aliphatic hydroxyl groups is 1.